The fourth-order valence-electron chi connectivity index (χ4n) is 3.20. The highest BCUT2D eigenvalue weighted by molar-refractivity contribution is 5.86. The number of aliphatic hydroxyl groups excluding tert-OH is 3. The summed E-state index contributed by atoms with van der Waals surface area (Å²) in [5.41, 5.74) is 0.508. The molecule has 0 bridgehead atoms. The van der Waals surface area contributed by atoms with E-state index in [-0.39, 0.29) is 0 Å². The van der Waals surface area contributed by atoms with Crippen molar-refractivity contribution < 1.29 is 24.9 Å². The van der Waals surface area contributed by atoms with E-state index >= 15 is 0 Å². The molecule has 132 valence electrons. The molecule has 4 heterocycles. The molecular weight excluding hydrogens is 330 g/mol. The molecule has 1 fully saturated rings. The number of carbonyl (C=O) groups is 1. The van der Waals surface area contributed by atoms with Crippen molar-refractivity contribution >= 4 is 17.8 Å². The van der Waals surface area contributed by atoms with Crippen LogP contribution in [0.2, 0.25) is 0 Å². The summed E-state index contributed by atoms with van der Waals surface area (Å²) in [5.74, 6) is 0.904. The molecule has 10 nitrogen and oxygen atoms in total. The van der Waals surface area contributed by atoms with Gasteiger partial charge in [-0.05, 0) is 12.1 Å². The average Bonchev–Trinajstić information content (AvgIpc) is 3.34. The lowest BCUT2D eigenvalue weighted by molar-refractivity contribution is -0.109. The number of rotatable bonds is 4. The highest BCUT2D eigenvalue weighted by atomic mass is 16.6. The summed E-state index contributed by atoms with van der Waals surface area (Å²) < 4.78 is 7.31. The van der Waals surface area contributed by atoms with Crippen molar-refractivity contribution in [3.63, 3.8) is 0 Å². The lowest BCUT2D eigenvalue weighted by Gasteiger charge is -2.30. The zero-order chi connectivity index (χ0) is 17.6. The Morgan fingerprint density at radius 3 is 2.56 bits per heavy atom. The lowest BCUT2D eigenvalue weighted by Crippen LogP contribution is -2.50. The minimum atomic E-state index is -1.31. The molecule has 4 rings (SSSR count). The van der Waals surface area contributed by atoms with Crippen LogP contribution in [0, 0.1) is 0 Å². The predicted octanol–water partition coefficient (Wildman–Crippen LogP) is -1.54. The molecule has 0 spiro atoms. The number of anilines is 2. The van der Waals surface area contributed by atoms with E-state index in [0.29, 0.717) is 23.6 Å². The van der Waals surface area contributed by atoms with Crippen LogP contribution in [0.4, 0.5) is 11.5 Å². The van der Waals surface area contributed by atoms with Gasteiger partial charge in [0.1, 0.15) is 30.3 Å². The Kier molecular flexibility index (Phi) is 3.88. The van der Waals surface area contributed by atoms with Gasteiger partial charge in [0.05, 0.1) is 6.61 Å². The number of carbonyl (C=O) groups excluding carboxylic acids is 1. The van der Waals surface area contributed by atoms with Gasteiger partial charge >= 0.3 is 0 Å². The van der Waals surface area contributed by atoms with Gasteiger partial charge in [-0.2, -0.15) is 0 Å². The van der Waals surface area contributed by atoms with Crippen molar-refractivity contribution in [3.8, 4) is 5.82 Å². The van der Waals surface area contributed by atoms with E-state index in [1.807, 2.05) is 12.1 Å². The summed E-state index contributed by atoms with van der Waals surface area (Å²) in [5, 5.41) is 32.6. The lowest BCUT2D eigenvalue weighted by atomic mass is 10.1. The molecule has 0 amide bonds. The van der Waals surface area contributed by atoms with Crippen molar-refractivity contribution in [1.82, 2.24) is 14.5 Å². The molecule has 25 heavy (non-hydrogen) atoms. The topological polar surface area (TPSA) is 133 Å². The number of hydrogen-bond donors (Lipinski definition) is 4. The van der Waals surface area contributed by atoms with E-state index in [0.717, 1.165) is 0 Å². The fraction of sp³-hybridized carbons (Fsp3) is 0.400. The largest absolute Gasteiger partial charge is 0.394 e. The fourth-order valence-corrected chi connectivity index (χ4v) is 3.20. The minimum absolute atomic E-state index is 0.366. The Bertz CT molecular complexity index is 770. The highest BCUT2D eigenvalue weighted by Crippen LogP contribution is 2.39. The number of aldehydes is 1. The zero-order valence-corrected chi connectivity index (χ0v) is 13.0. The average molecular weight is 347 g/mol. The summed E-state index contributed by atoms with van der Waals surface area (Å²) >= 11 is 0. The number of aromatic nitrogens is 3. The minimum Gasteiger partial charge on any atom is -0.394 e. The Hall–Kier alpha value is -2.53. The van der Waals surface area contributed by atoms with Crippen LogP contribution >= 0.6 is 0 Å². The molecule has 1 unspecified atom stereocenters. The molecule has 0 saturated carbocycles. The first-order valence-electron chi connectivity index (χ1n) is 7.76. The molecule has 4 N–H and O–H groups in total. The van der Waals surface area contributed by atoms with Crippen LogP contribution < -0.4 is 10.2 Å². The molecule has 0 radical (unpaired) electrons. The molecule has 2 aliphatic rings. The van der Waals surface area contributed by atoms with Gasteiger partial charge in [0.15, 0.2) is 30.3 Å². The molecule has 2 aromatic heterocycles. The third kappa shape index (κ3) is 2.38. The number of fused-ring (bicyclic) bond motifs is 1. The monoisotopic (exact) mass is 347 g/mol. The molecule has 2 aliphatic heterocycles. The van der Waals surface area contributed by atoms with Crippen LogP contribution in [-0.2, 0) is 9.53 Å². The van der Waals surface area contributed by atoms with Crippen molar-refractivity contribution in [2.24, 2.45) is 0 Å². The molecule has 2 aromatic rings. The Morgan fingerprint density at radius 1 is 1.20 bits per heavy atom. The predicted molar refractivity (Wildman–Crippen MR) is 85.1 cm³/mol. The van der Waals surface area contributed by atoms with Gasteiger partial charge in [-0.1, -0.05) is 0 Å². The summed E-state index contributed by atoms with van der Waals surface area (Å²) in [6.07, 6.45) is 0.183. The maximum Gasteiger partial charge on any atom is 0.165 e. The summed E-state index contributed by atoms with van der Waals surface area (Å²) in [6, 6.07) is 3.68. The van der Waals surface area contributed by atoms with Gasteiger partial charge in [-0.3, -0.25) is 9.69 Å². The van der Waals surface area contributed by atoms with Gasteiger partial charge in [0.25, 0.3) is 0 Å². The third-order valence-electron chi connectivity index (χ3n) is 4.41. The quantitative estimate of drug-likeness (QED) is 0.486. The molecule has 0 aliphatic carbocycles. The Morgan fingerprint density at radius 2 is 1.92 bits per heavy atom. The van der Waals surface area contributed by atoms with Gasteiger partial charge < -0.3 is 29.9 Å². The Labute approximate surface area is 142 Å². The number of hydrogen-bond acceptors (Lipinski definition) is 9. The van der Waals surface area contributed by atoms with Gasteiger partial charge in [0, 0.05) is 12.4 Å². The van der Waals surface area contributed by atoms with Crippen molar-refractivity contribution in [3.05, 3.63) is 30.9 Å². The first kappa shape index (κ1) is 16.0. The number of nitrogens with one attached hydrogen (secondary N) is 1. The smallest absolute Gasteiger partial charge is 0.165 e. The molecule has 0 aromatic carbocycles. The molecular formula is C15H17N5O5. The summed E-state index contributed by atoms with van der Waals surface area (Å²) in [7, 11) is 0. The zero-order valence-electron chi connectivity index (χ0n) is 13.0. The second kappa shape index (κ2) is 6.08. The van der Waals surface area contributed by atoms with Crippen LogP contribution in [0.3, 0.4) is 0 Å². The van der Waals surface area contributed by atoms with E-state index in [4.69, 9.17) is 4.74 Å². The van der Waals surface area contributed by atoms with E-state index in [2.05, 4.69) is 15.3 Å². The van der Waals surface area contributed by atoms with E-state index in [9.17, 15) is 20.1 Å². The van der Waals surface area contributed by atoms with Crippen molar-refractivity contribution in [2.75, 3.05) is 16.8 Å². The maximum absolute atomic E-state index is 11.6. The van der Waals surface area contributed by atoms with Crippen LogP contribution in [0.5, 0.6) is 0 Å². The first-order chi connectivity index (χ1) is 12.2. The van der Waals surface area contributed by atoms with Gasteiger partial charge in [-0.25, -0.2) is 9.97 Å². The second-order valence-corrected chi connectivity index (χ2v) is 5.85. The van der Waals surface area contributed by atoms with Crippen LogP contribution in [0.25, 0.3) is 5.82 Å². The number of aliphatic hydroxyl groups is 3. The van der Waals surface area contributed by atoms with E-state index in [1.54, 1.807) is 17.0 Å². The van der Waals surface area contributed by atoms with Crippen molar-refractivity contribution in [2.45, 2.75) is 30.7 Å². The van der Waals surface area contributed by atoms with Crippen LogP contribution in [0.15, 0.2) is 30.9 Å². The standard InChI is InChI=1S/C15H17N5O5/c21-5-8-11(23)12(24)15(25-8)20-9(6-22)18-10-13(16-7-17-14(10)20)19-3-1-2-4-19/h1-4,6-9,11-12,15,18,21,23-24H,5H2/t8-,9?,11-,12-,15-/m1/s1. The SMILES string of the molecule is O=CC1Nc2c(ncnc2-n2cccc2)N1[C@@H]1O[C@H](CO)[C@@H](O)[C@H]1O. The maximum atomic E-state index is 11.6. The Balaban J connectivity index is 1.76. The number of ether oxygens (including phenoxy) is 1. The van der Waals surface area contributed by atoms with E-state index < -0.39 is 37.3 Å². The first-order valence-corrected chi connectivity index (χ1v) is 7.76. The highest BCUT2D eigenvalue weighted by Gasteiger charge is 2.50. The molecule has 1 saturated heterocycles. The van der Waals surface area contributed by atoms with E-state index in [1.165, 1.54) is 11.2 Å². The van der Waals surface area contributed by atoms with Crippen LogP contribution in [0.1, 0.15) is 0 Å². The number of nitrogens with zero attached hydrogens (tertiary/aromatic N) is 4. The van der Waals surface area contributed by atoms with Gasteiger partial charge in [0.2, 0.25) is 0 Å². The third-order valence-corrected chi connectivity index (χ3v) is 4.41. The van der Waals surface area contributed by atoms with Crippen molar-refractivity contribution in [1.29, 1.82) is 0 Å². The van der Waals surface area contributed by atoms with Crippen LogP contribution in [-0.4, -0.2) is 73.5 Å². The second-order valence-electron chi connectivity index (χ2n) is 5.85. The van der Waals surface area contributed by atoms with Gasteiger partial charge in [-0.15, -0.1) is 0 Å². The molecule has 5 atom stereocenters. The normalized spacial score (nSPS) is 31.0. The summed E-state index contributed by atoms with van der Waals surface area (Å²) in [6.45, 7) is -0.451. The molecule has 10 heteroatoms. The summed E-state index contributed by atoms with van der Waals surface area (Å²) in [4.78, 5) is 21.5.